The van der Waals surface area contributed by atoms with Crippen LogP contribution in [0.1, 0.15) is 34.8 Å². The highest BCUT2D eigenvalue weighted by Crippen LogP contribution is 2.23. The summed E-state index contributed by atoms with van der Waals surface area (Å²) in [5.41, 5.74) is 5.86. The van der Waals surface area contributed by atoms with Crippen molar-refractivity contribution in [1.82, 2.24) is 10.3 Å². The maximum atomic E-state index is 12.3. The van der Waals surface area contributed by atoms with E-state index >= 15 is 0 Å². The van der Waals surface area contributed by atoms with Crippen LogP contribution in [0.15, 0.2) is 29.8 Å². The smallest absolute Gasteiger partial charge is 0.270 e. The van der Waals surface area contributed by atoms with Crippen LogP contribution in [0, 0.1) is 10.1 Å². The second-order valence-corrected chi connectivity index (χ2v) is 5.26. The van der Waals surface area contributed by atoms with Gasteiger partial charge in [0.1, 0.15) is 5.01 Å². The maximum absolute atomic E-state index is 12.3. The fourth-order valence-electron chi connectivity index (χ4n) is 1.84. The Bertz CT molecular complexity index is 657. The van der Waals surface area contributed by atoms with Gasteiger partial charge in [0, 0.05) is 29.4 Å². The zero-order valence-electron chi connectivity index (χ0n) is 11.3. The first-order chi connectivity index (χ1) is 10.0. The molecule has 1 aromatic carbocycles. The van der Waals surface area contributed by atoms with Gasteiger partial charge in [-0.25, -0.2) is 4.98 Å². The molecule has 21 heavy (non-hydrogen) atoms. The molecule has 0 aliphatic carbocycles. The van der Waals surface area contributed by atoms with Crippen molar-refractivity contribution in [2.75, 3.05) is 5.73 Å². The first-order valence-electron chi connectivity index (χ1n) is 6.27. The molecule has 0 spiro atoms. The molecule has 1 aromatic heterocycles. The Morgan fingerprint density at radius 1 is 1.57 bits per heavy atom. The Morgan fingerprint density at radius 3 is 2.90 bits per heavy atom. The first kappa shape index (κ1) is 14.9. The van der Waals surface area contributed by atoms with Crippen molar-refractivity contribution in [2.45, 2.75) is 19.4 Å². The molecule has 0 radical (unpaired) electrons. The summed E-state index contributed by atoms with van der Waals surface area (Å²) >= 11 is 1.44. The van der Waals surface area contributed by atoms with Crippen molar-refractivity contribution in [3.63, 3.8) is 0 Å². The van der Waals surface area contributed by atoms with E-state index < -0.39 is 10.8 Å². The number of nitrogens with two attached hydrogens (primary N) is 1. The predicted octanol–water partition coefficient (Wildman–Crippen LogP) is 2.51. The van der Waals surface area contributed by atoms with E-state index in [2.05, 4.69) is 10.3 Å². The average molecular weight is 306 g/mol. The number of nitrogens with one attached hydrogen (secondary N) is 1. The molecule has 0 aliphatic rings. The van der Waals surface area contributed by atoms with Crippen LogP contribution in [0.4, 0.5) is 11.4 Å². The number of nitro benzene ring substituents is 1. The van der Waals surface area contributed by atoms with Gasteiger partial charge in [0.25, 0.3) is 11.6 Å². The summed E-state index contributed by atoms with van der Waals surface area (Å²) in [6, 6.07) is 3.57. The lowest BCUT2D eigenvalue weighted by molar-refractivity contribution is -0.384. The van der Waals surface area contributed by atoms with Gasteiger partial charge in [-0.15, -0.1) is 11.3 Å². The van der Waals surface area contributed by atoms with Crippen LogP contribution in [0.2, 0.25) is 0 Å². The second-order valence-electron chi connectivity index (χ2n) is 4.33. The number of thiazole rings is 1. The lowest BCUT2D eigenvalue weighted by Gasteiger charge is -2.15. The number of anilines is 1. The zero-order valence-corrected chi connectivity index (χ0v) is 12.1. The molecule has 2 rings (SSSR count). The number of rotatable bonds is 5. The van der Waals surface area contributed by atoms with Crippen molar-refractivity contribution in [3.05, 3.63) is 50.5 Å². The molecule has 1 unspecified atom stereocenters. The van der Waals surface area contributed by atoms with Crippen molar-refractivity contribution in [3.8, 4) is 0 Å². The van der Waals surface area contributed by atoms with E-state index in [-0.39, 0.29) is 23.0 Å². The summed E-state index contributed by atoms with van der Waals surface area (Å²) in [4.78, 5) is 26.7. The van der Waals surface area contributed by atoms with Gasteiger partial charge in [-0.1, -0.05) is 6.92 Å². The molecular formula is C13H14N4O3S. The summed E-state index contributed by atoms with van der Waals surface area (Å²) in [5, 5.41) is 16.2. The molecule has 1 amide bonds. The van der Waals surface area contributed by atoms with E-state index in [4.69, 9.17) is 5.73 Å². The largest absolute Gasteiger partial charge is 0.398 e. The third kappa shape index (κ3) is 3.34. The Balaban J connectivity index is 2.23. The lowest BCUT2D eigenvalue weighted by atomic mass is 10.1. The number of carbonyl (C=O) groups excluding carboxylic acids is 1. The molecule has 3 N–H and O–H groups in total. The van der Waals surface area contributed by atoms with Gasteiger partial charge in [0.2, 0.25) is 0 Å². The van der Waals surface area contributed by atoms with Crippen LogP contribution < -0.4 is 11.1 Å². The van der Waals surface area contributed by atoms with E-state index in [0.29, 0.717) is 6.42 Å². The van der Waals surface area contributed by atoms with Crippen LogP contribution in [-0.2, 0) is 0 Å². The Morgan fingerprint density at radius 2 is 2.33 bits per heavy atom. The SMILES string of the molecule is CCC(NC(=O)c1cc([N+](=O)[O-])ccc1N)c1nccs1. The molecule has 0 saturated carbocycles. The monoisotopic (exact) mass is 306 g/mol. The Labute approximate surface area is 125 Å². The molecule has 2 aromatic rings. The van der Waals surface area contributed by atoms with E-state index in [1.165, 1.54) is 29.5 Å². The number of amides is 1. The van der Waals surface area contributed by atoms with Crippen LogP contribution >= 0.6 is 11.3 Å². The molecule has 7 nitrogen and oxygen atoms in total. The zero-order chi connectivity index (χ0) is 15.4. The maximum Gasteiger partial charge on any atom is 0.270 e. The number of carbonyl (C=O) groups is 1. The topological polar surface area (TPSA) is 111 Å². The second kappa shape index (κ2) is 6.31. The average Bonchev–Trinajstić information content (AvgIpc) is 2.98. The fraction of sp³-hybridized carbons (Fsp3) is 0.231. The van der Waals surface area contributed by atoms with Crippen molar-refractivity contribution < 1.29 is 9.72 Å². The molecular weight excluding hydrogens is 292 g/mol. The minimum atomic E-state index is -0.561. The van der Waals surface area contributed by atoms with Gasteiger partial charge < -0.3 is 11.1 Å². The molecule has 1 atom stereocenters. The first-order valence-corrected chi connectivity index (χ1v) is 7.15. The highest BCUT2D eigenvalue weighted by molar-refractivity contribution is 7.09. The van der Waals surface area contributed by atoms with Crippen LogP contribution in [0.25, 0.3) is 0 Å². The number of nitrogens with zero attached hydrogens (tertiary/aromatic N) is 2. The molecule has 0 aliphatic heterocycles. The minimum absolute atomic E-state index is 0.0965. The molecule has 1 heterocycles. The standard InChI is InChI=1S/C13H14N4O3S/c1-2-11(13-15-5-6-21-13)16-12(18)9-7-8(17(19)20)3-4-10(9)14/h3-7,11H,2,14H2,1H3,(H,16,18). The summed E-state index contributed by atoms with van der Waals surface area (Å²) in [6.07, 6.45) is 2.32. The Kier molecular flexibility index (Phi) is 4.49. The summed E-state index contributed by atoms with van der Waals surface area (Å²) in [6.45, 7) is 1.92. The summed E-state index contributed by atoms with van der Waals surface area (Å²) < 4.78 is 0. The third-order valence-corrected chi connectivity index (χ3v) is 3.84. The number of hydrogen-bond donors (Lipinski definition) is 2. The van der Waals surface area contributed by atoms with Crippen LogP contribution in [0.3, 0.4) is 0 Å². The van der Waals surface area contributed by atoms with Gasteiger partial charge in [-0.2, -0.15) is 0 Å². The number of nitro groups is 1. The van der Waals surface area contributed by atoms with Gasteiger partial charge in [0.05, 0.1) is 16.5 Å². The Hall–Kier alpha value is -2.48. The van der Waals surface area contributed by atoms with Crippen molar-refractivity contribution in [1.29, 1.82) is 0 Å². The van der Waals surface area contributed by atoms with Gasteiger partial charge in [-0.3, -0.25) is 14.9 Å². The molecule has 0 fully saturated rings. The van der Waals surface area contributed by atoms with E-state index in [9.17, 15) is 14.9 Å². The number of nitrogen functional groups attached to an aromatic ring is 1. The molecule has 0 saturated heterocycles. The quantitative estimate of drug-likeness (QED) is 0.501. The van der Waals surface area contributed by atoms with E-state index in [1.54, 1.807) is 6.20 Å². The molecule has 8 heteroatoms. The van der Waals surface area contributed by atoms with Gasteiger partial charge in [-0.05, 0) is 12.5 Å². The third-order valence-electron chi connectivity index (χ3n) is 2.96. The highest BCUT2D eigenvalue weighted by atomic mass is 32.1. The van der Waals surface area contributed by atoms with Gasteiger partial charge in [0.15, 0.2) is 0 Å². The van der Waals surface area contributed by atoms with Gasteiger partial charge >= 0.3 is 0 Å². The summed E-state index contributed by atoms with van der Waals surface area (Å²) in [7, 11) is 0. The number of aromatic nitrogens is 1. The predicted molar refractivity (Wildman–Crippen MR) is 80.1 cm³/mol. The number of benzene rings is 1. The van der Waals surface area contributed by atoms with E-state index in [1.807, 2.05) is 12.3 Å². The van der Waals surface area contributed by atoms with E-state index in [0.717, 1.165) is 5.01 Å². The number of hydrogen-bond acceptors (Lipinski definition) is 6. The van der Waals surface area contributed by atoms with Crippen LogP contribution in [-0.4, -0.2) is 15.8 Å². The van der Waals surface area contributed by atoms with Crippen LogP contribution in [0.5, 0.6) is 0 Å². The highest BCUT2D eigenvalue weighted by Gasteiger charge is 2.20. The molecule has 110 valence electrons. The minimum Gasteiger partial charge on any atom is -0.398 e. The van der Waals surface area contributed by atoms with Crippen molar-refractivity contribution >= 4 is 28.6 Å². The normalized spacial score (nSPS) is 11.9. The number of non-ortho nitro benzene ring substituents is 1. The van der Waals surface area contributed by atoms with Crippen molar-refractivity contribution in [2.24, 2.45) is 0 Å². The lowest BCUT2D eigenvalue weighted by Crippen LogP contribution is -2.28. The fourth-order valence-corrected chi connectivity index (χ4v) is 2.61. The summed E-state index contributed by atoms with van der Waals surface area (Å²) in [5.74, 6) is -0.446. The molecule has 0 bridgehead atoms.